The van der Waals surface area contributed by atoms with Crippen LogP contribution in [0, 0.1) is 13.8 Å². The minimum atomic E-state index is -0.182. The highest BCUT2D eigenvalue weighted by Gasteiger charge is 2.16. The van der Waals surface area contributed by atoms with E-state index in [1.807, 2.05) is 43.3 Å². The standard InChI is InChI=1S/C30H31NO3/c1-18(2)22-8-10-23(11-9-22)31-30(32)14-21(5)25-15-26-27(17-34-29(26)16-28(25)33-6)24-12-7-19(3)13-20(24)4/h7-18H,1-6H3,(H,31,32)/b21-14+. The number of hydrogen-bond acceptors (Lipinski definition) is 3. The molecule has 0 fully saturated rings. The van der Waals surface area contributed by atoms with E-state index < -0.39 is 0 Å². The summed E-state index contributed by atoms with van der Waals surface area (Å²) in [6.07, 6.45) is 3.40. The van der Waals surface area contributed by atoms with Crippen LogP contribution < -0.4 is 10.1 Å². The van der Waals surface area contributed by atoms with Gasteiger partial charge in [0.05, 0.1) is 13.4 Å². The molecule has 4 rings (SSSR count). The van der Waals surface area contributed by atoms with E-state index in [0.717, 1.165) is 38.9 Å². The number of allylic oxidation sites excluding steroid dienone is 1. The van der Waals surface area contributed by atoms with Gasteiger partial charge in [0, 0.05) is 34.3 Å². The number of hydrogen-bond donors (Lipinski definition) is 1. The molecule has 0 bridgehead atoms. The van der Waals surface area contributed by atoms with Crippen molar-refractivity contribution in [3.05, 3.63) is 89.2 Å². The van der Waals surface area contributed by atoms with Gasteiger partial charge in [0.25, 0.3) is 0 Å². The number of fused-ring (bicyclic) bond motifs is 1. The van der Waals surface area contributed by atoms with Crippen LogP contribution in [-0.2, 0) is 4.79 Å². The van der Waals surface area contributed by atoms with Gasteiger partial charge in [-0.2, -0.15) is 0 Å². The Balaban J connectivity index is 1.67. The van der Waals surface area contributed by atoms with Crippen molar-refractivity contribution in [2.45, 2.75) is 40.5 Å². The van der Waals surface area contributed by atoms with Crippen molar-refractivity contribution in [1.29, 1.82) is 0 Å². The molecule has 0 saturated heterocycles. The Kier molecular flexibility index (Phi) is 6.60. The lowest BCUT2D eigenvalue weighted by atomic mass is 9.96. The highest BCUT2D eigenvalue weighted by molar-refractivity contribution is 6.05. The van der Waals surface area contributed by atoms with Crippen LogP contribution in [-0.4, -0.2) is 13.0 Å². The number of carbonyl (C=O) groups excluding carboxylic acids is 1. The first-order chi connectivity index (χ1) is 16.3. The number of methoxy groups -OCH3 is 1. The van der Waals surface area contributed by atoms with Crippen molar-refractivity contribution >= 4 is 28.1 Å². The summed E-state index contributed by atoms with van der Waals surface area (Å²) < 4.78 is 11.5. The zero-order chi connectivity index (χ0) is 24.4. The molecule has 1 aromatic heterocycles. The van der Waals surface area contributed by atoms with Gasteiger partial charge in [-0.05, 0) is 67.2 Å². The Morgan fingerprint density at radius 1 is 1.00 bits per heavy atom. The molecule has 0 atom stereocenters. The van der Waals surface area contributed by atoms with Gasteiger partial charge in [-0.1, -0.05) is 49.7 Å². The maximum atomic E-state index is 12.7. The highest BCUT2D eigenvalue weighted by atomic mass is 16.5. The van der Waals surface area contributed by atoms with Gasteiger partial charge in [-0.3, -0.25) is 4.79 Å². The maximum absolute atomic E-state index is 12.7. The summed E-state index contributed by atoms with van der Waals surface area (Å²) in [4.78, 5) is 12.7. The van der Waals surface area contributed by atoms with Crippen LogP contribution in [0.5, 0.6) is 5.75 Å². The molecule has 34 heavy (non-hydrogen) atoms. The van der Waals surface area contributed by atoms with Crippen molar-refractivity contribution < 1.29 is 13.9 Å². The molecule has 0 spiro atoms. The largest absolute Gasteiger partial charge is 0.496 e. The Labute approximate surface area is 201 Å². The fourth-order valence-electron chi connectivity index (χ4n) is 4.26. The molecule has 1 heterocycles. The third-order valence-corrected chi connectivity index (χ3v) is 6.19. The summed E-state index contributed by atoms with van der Waals surface area (Å²) in [7, 11) is 1.63. The Morgan fingerprint density at radius 3 is 2.38 bits per heavy atom. The predicted molar refractivity (Wildman–Crippen MR) is 140 cm³/mol. The number of anilines is 1. The van der Waals surface area contributed by atoms with Crippen molar-refractivity contribution in [3.63, 3.8) is 0 Å². The predicted octanol–water partition coefficient (Wildman–Crippen LogP) is 7.89. The monoisotopic (exact) mass is 453 g/mol. The molecule has 4 aromatic rings. The fraction of sp³-hybridized carbons (Fsp3) is 0.233. The molecular formula is C30H31NO3. The average Bonchev–Trinajstić information content (AvgIpc) is 3.21. The minimum Gasteiger partial charge on any atom is -0.496 e. The lowest BCUT2D eigenvalue weighted by Gasteiger charge is -2.11. The van der Waals surface area contributed by atoms with Gasteiger partial charge < -0.3 is 14.5 Å². The van der Waals surface area contributed by atoms with E-state index >= 15 is 0 Å². The van der Waals surface area contributed by atoms with Crippen molar-refractivity contribution in [1.82, 2.24) is 0 Å². The molecule has 174 valence electrons. The number of benzene rings is 3. The molecule has 4 nitrogen and oxygen atoms in total. The Hall–Kier alpha value is -3.79. The van der Waals surface area contributed by atoms with Crippen LogP contribution in [0.4, 0.5) is 5.69 Å². The van der Waals surface area contributed by atoms with Crippen molar-refractivity contribution in [2.75, 3.05) is 12.4 Å². The van der Waals surface area contributed by atoms with Crippen LogP contribution in [0.25, 0.3) is 27.7 Å². The quantitative estimate of drug-likeness (QED) is 0.302. The van der Waals surface area contributed by atoms with Gasteiger partial charge in [-0.25, -0.2) is 0 Å². The molecule has 0 aliphatic carbocycles. The zero-order valence-corrected chi connectivity index (χ0v) is 20.7. The van der Waals surface area contributed by atoms with Gasteiger partial charge in [0.15, 0.2) is 0 Å². The van der Waals surface area contributed by atoms with Gasteiger partial charge in [-0.15, -0.1) is 0 Å². The number of ether oxygens (including phenoxy) is 1. The second-order valence-electron chi connectivity index (χ2n) is 9.11. The summed E-state index contributed by atoms with van der Waals surface area (Å²) in [5.74, 6) is 0.932. The van der Waals surface area contributed by atoms with Gasteiger partial charge >= 0.3 is 0 Å². The van der Waals surface area contributed by atoms with E-state index in [2.05, 4.69) is 51.2 Å². The summed E-state index contributed by atoms with van der Waals surface area (Å²) in [5, 5.41) is 3.94. The van der Waals surface area contributed by atoms with Gasteiger partial charge in [0.1, 0.15) is 11.3 Å². The lowest BCUT2D eigenvalue weighted by molar-refractivity contribution is -0.111. The van der Waals surface area contributed by atoms with E-state index in [1.165, 1.54) is 16.7 Å². The van der Waals surface area contributed by atoms with E-state index in [-0.39, 0.29) is 5.91 Å². The Morgan fingerprint density at radius 2 is 1.74 bits per heavy atom. The number of furan rings is 1. The number of carbonyl (C=O) groups is 1. The molecule has 0 radical (unpaired) electrons. The van der Waals surface area contributed by atoms with Crippen LogP contribution in [0.3, 0.4) is 0 Å². The molecule has 0 saturated carbocycles. The Bertz CT molecular complexity index is 1370. The van der Waals surface area contributed by atoms with Crippen molar-refractivity contribution in [3.8, 4) is 16.9 Å². The second-order valence-corrected chi connectivity index (χ2v) is 9.11. The summed E-state index contributed by atoms with van der Waals surface area (Å²) in [6, 6.07) is 18.3. The maximum Gasteiger partial charge on any atom is 0.248 e. The fourth-order valence-corrected chi connectivity index (χ4v) is 4.26. The third kappa shape index (κ3) is 4.76. The highest BCUT2D eigenvalue weighted by Crippen LogP contribution is 2.38. The van der Waals surface area contributed by atoms with Crippen LogP contribution >= 0.6 is 0 Å². The first-order valence-electron chi connectivity index (χ1n) is 11.5. The van der Waals surface area contributed by atoms with Crippen LogP contribution in [0.15, 0.2) is 71.4 Å². The first-order valence-corrected chi connectivity index (χ1v) is 11.5. The smallest absolute Gasteiger partial charge is 0.248 e. The van der Waals surface area contributed by atoms with Gasteiger partial charge in [0.2, 0.25) is 5.91 Å². The molecule has 4 heteroatoms. The molecule has 0 unspecified atom stereocenters. The second kappa shape index (κ2) is 9.60. The number of amides is 1. The topological polar surface area (TPSA) is 51.5 Å². The number of aryl methyl sites for hydroxylation is 2. The molecule has 3 aromatic carbocycles. The minimum absolute atomic E-state index is 0.182. The third-order valence-electron chi connectivity index (χ3n) is 6.19. The van der Waals surface area contributed by atoms with Crippen molar-refractivity contribution in [2.24, 2.45) is 0 Å². The molecular weight excluding hydrogens is 422 g/mol. The summed E-state index contributed by atoms with van der Waals surface area (Å²) in [5.41, 5.74) is 8.99. The zero-order valence-electron chi connectivity index (χ0n) is 20.7. The summed E-state index contributed by atoms with van der Waals surface area (Å²) >= 11 is 0. The van der Waals surface area contributed by atoms with Crippen LogP contribution in [0.1, 0.15) is 48.9 Å². The lowest BCUT2D eigenvalue weighted by Crippen LogP contribution is -2.08. The normalized spacial score (nSPS) is 11.8. The van der Waals surface area contributed by atoms with E-state index in [9.17, 15) is 4.79 Å². The molecule has 1 amide bonds. The van der Waals surface area contributed by atoms with Crippen LogP contribution in [0.2, 0.25) is 0 Å². The van der Waals surface area contributed by atoms with E-state index in [1.54, 1.807) is 19.4 Å². The average molecular weight is 454 g/mol. The molecule has 0 aliphatic rings. The molecule has 0 aliphatic heterocycles. The SMILES string of the molecule is COc1cc2occ(-c3ccc(C)cc3C)c2cc1/C(C)=C/C(=O)Nc1ccc(C(C)C)cc1. The first kappa shape index (κ1) is 23.4. The van der Waals surface area contributed by atoms with E-state index in [4.69, 9.17) is 9.15 Å². The van der Waals surface area contributed by atoms with E-state index in [0.29, 0.717) is 11.7 Å². The number of nitrogens with one attached hydrogen (secondary N) is 1. The molecule has 1 N–H and O–H groups in total. The number of rotatable bonds is 6. The summed E-state index contributed by atoms with van der Waals surface area (Å²) in [6.45, 7) is 10.4.